The van der Waals surface area contributed by atoms with Gasteiger partial charge in [0.15, 0.2) is 0 Å². The Morgan fingerprint density at radius 1 is 1.42 bits per heavy atom. The minimum atomic E-state index is -0.616. The maximum absolute atomic E-state index is 13.6. The van der Waals surface area contributed by atoms with Gasteiger partial charge in [0.25, 0.3) is 0 Å². The van der Waals surface area contributed by atoms with Crippen LogP contribution in [0.5, 0.6) is 0 Å². The molecular formula is C15H21BrFNO. The largest absolute Gasteiger partial charge is 0.389 e. The molecule has 1 aliphatic carbocycles. The van der Waals surface area contributed by atoms with Crippen molar-refractivity contribution in [2.45, 2.75) is 44.8 Å². The monoisotopic (exact) mass is 329 g/mol. The summed E-state index contributed by atoms with van der Waals surface area (Å²) in [4.78, 5) is 0. The van der Waals surface area contributed by atoms with E-state index in [9.17, 15) is 9.50 Å². The average molecular weight is 330 g/mol. The van der Waals surface area contributed by atoms with Gasteiger partial charge in [-0.1, -0.05) is 22.9 Å². The van der Waals surface area contributed by atoms with E-state index in [0.29, 0.717) is 24.6 Å². The van der Waals surface area contributed by atoms with Crippen LogP contribution in [-0.2, 0) is 6.54 Å². The number of aliphatic hydroxyl groups is 1. The number of hydrogen-bond donors (Lipinski definition) is 2. The highest BCUT2D eigenvalue weighted by Gasteiger charge is 2.31. The summed E-state index contributed by atoms with van der Waals surface area (Å²) in [6.07, 6.45) is 3.82. The molecule has 0 saturated heterocycles. The molecule has 1 aromatic rings. The Bertz CT molecular complexity index is 430. The summed E-state index contributed by atoms with van der Waals surface area (Å²) in [5, 5.41) is 13.6. The fourth-order valence-electron chi connectivity index (χ4n) is 2.58. The van der Waals surface area contributed by atoms with Crippen LogP contribution in [0, 0.1) is 11.7 Å². The number of benzene rings is 1. The van der Waals surface area contributed by atoms with Gasteiger partial charge in [-0.2, -0.15) is 0 Å². The van der Waals surface area contributed by atoms with E-state index in [2.05, 4.69) is 28.2 Å². The molecule has 0 spiro atoms. The molecule has 1 aromatic carbocycles. The molecule has 2 rings (SSSR count). The molecule has 1 aliphatic rings. The normalized spacial score (nSPS) is 27.5. The molecule has 0 bridgehead atoms. The SMILES string of the molecule is CC1CCC(O)(CNCc2cc(Br)ccc2F)CC1. The lowest BCUT2D eigenvalue weighted by atomic mass is 9.79. The van der Waals surface area contributed by atoms with Crippen molar-refractivity contribution in [2.75, 3.05) is 6.54 Å². The Balaban J connectivity index is 1.84. The predicted molar refractivity (Wildman–Crippen MR) is 78.4 cm³/mol. The van der Waals surface area contributed by atoms with Crippen molar-refractivity contribution in [3.63, 3.8) is 0 Å². The van der Waals surface area contributed by atoms with Crippen LogP contribution >= 0.6 is 15.9 Å². The number of halogens is 2. The van der Waals surface area contributed by atoms with Gasteiger partial charge in [-0.15, -0.1) is 0 Å². The zero-order valence-corrected chi connectivity index (χ0v) is 12.8. The fraction of sp³-hybridized carbons (Fsp3) is 0.600. The minimum absolute atomic E-state index is 0.208. The summed E-state index contributed by atoms with van der Waals surface area (Å²) in [6, 6.07) is 4.92. The van der Waals surface area contributed by atoms with E-state index >= 15 is 0 Å². The minimum Gasteiger partial charge on any atom is -0.389 e. The predicted octanol–water partition coefficient (Wildman–Crippen LogP) is 3.62. The van der Waals surface area contributed by atoms with Gasteiger partial charge in [0, 0.05) is 23.1 Å². The third kappa shape index (κ3) is 4.26. The Morgan fingerprint density at radius 2 is 2.11 bits per heavy atom. The van der Waals surface area contributed by atoms with Crippen molar-refractivity contribution in [3.05, 3.63) is 34.1 Å². The van der Waals surface area contributed by atoms with Crippen molar-refractivity contribution in [3.8, 4) is 0 Å². The van der Waals surface area contributed by atoms with Crippen LogP contribution in [0.3, 0.4) is 0 Å². The molecular weight excluding hydrogens is 309 g/mol. The van der Waals surface area contributed by atoms with E-state index in [1.54, 1.807) is 12.1 Å². The third-order valence-corrected chi connectivity index (χ3v) is 4.48. The molecule has 0 radical (unpaired) electrons. The van der Waals surface area contributed by atoms with Crippen molar-refractivity contribution >= 4 is 15.9 Å². The Kier molecular flexibility index (Phi) is 4.98. The van der Waals surface area contributed by atoms with Gasteiger partial charge in [-0.3, -0.25) is 0 Å². The van der Waals surface area contributed by atoms with Gasteiger partial charge in [0.05, 0.1) is 5.60 Å². The van der Waals surface area contributed by atoms with Crippen LogP contribution in [-0.4, -0.2) is 17.3 Å². The highest BCUT2D eigenvalue weighted by Crippen LogP contribution is 2.31. The van der Waals surface area contributed by atoms with E-state index in [1.165, 1.54) is 6.07 Å². The Morgan fingerprint density at radius 3 is 2.79 bits per heavy atom. The zero-order valence-electron chi connectivity index (χ0n) is 11.3. The van der Waals surface area contributed by atoms with E-state index in [1.807, 2.05) is 0 Å². The lowest BCUT2D eigenvalue weighted by Gasteiger charge is -2.35. The summed E-state index contributed by atoms with van der Waals surface area (Å²) < 4.78 is 14.4. The molecule has 0 aromatic heterocycles. The number of rotatable bonds is 4. The van der Waals surface area contributed by atoms with Gasteiger partial charge in [-0.05, 0) is 49.8 Å². The molecule has 0 unspecified atom stereocenters. The van der Waals surface area contributed by atoms with E-state index in [-0.39, 0.29) is 5.82 Å². The van der Waals surface area contributed by atoms with Crippen molar-refractivity contribution in [1.29, 1.82) is 0 Å². The van der Waals surface area contributed by atoms with Gasteiger partial charge in [-0.25, -0.2) is 4.39 Å². The molecule has 2 nitrogen and oxygen atoms in total. The molecule has 0 heterocycles. The number of nitrogens with one attached hydrogen (secondary N) is 1. The van der Waals surface area contributed by atoms with Crippen LogP contribution in [0.4, 0.5) is 4.39 Å². The summed E-state index contributed by atoms with van der Waals surface area (Å²) in [6.45, 7) is 3.21. The molecule has 19 heavy (non-hydrogen) atoms. The first kappa shape index (κ1) is 14.9. The van der Waals surface area contributed by atoms with Gasteiger partial charge < -0.3 is 10.4 Å². The van der Waals surface area contributed by atoms with Gasteiger partial charge in [0.2, 0.25) is 0 Å². The lowest BCUT2D eigenvalue weighted by molar-refractivity contribution is -0.00635. The van der Waals surface area contributed by atoms with Crippen LogP contribution < -0.4 is 5.32 Å². The van der Waals surface area contributed by atoms with Crippen molar-refractivity contribution in [2.24, 2.45) is 5.92 Å². The van der Waals surface area contributed by atoms with E-state index < -0.39 is 5.60 Å². The highest BCUT2D eigenvalue weighted by molar-refractivity contribution is 9.10. The second-order valence-electron chi connectivity index (χ2n) is 5.75. The van der Waals surface area contributed by atoms with Gasteiger partial charge >= 0.3 is 0 Å². The average Bonchev–Trinajstić information content (AvgIpc) is 2.38. The molecule has 2 N–H and O–H groups in total. The smallest absolute Gasteiger partial charge is 0.127 e. The molecule has 4 heteroatoms. The zero-order chi connectivity index (χ0) is 13.9. The first-order chi connectivity index (χ1) is 8.98. The second-order valence-corrected chi connectivity index (χ2v) is 6.66. The summed E-state index contributed by atoms with van der Waals surface area (Å²) in [7, 11) is 0. The van der Waals surface area contributed by atoms with Crippen molar-refractivity contribution in [1.82, 2.24) is 5.32 Å². The Labute approximate surface area is 122 Å². The van der Waals surface area contributed by atoms with Crippen LogP contribution in [0.25, 0.3) is 0 Å². The maximum atomic E-state index is 13.6. The molecule has 1 saturated carbocycles. The van der Waals surface area contributed by atoms with Crippen LogP contribution in [0.15, 0.2) is 22.7 Å². The fourth-order valence-corrected chi connectivity index (χ4v) is 2.99. The maximum Gasteiger partial charge on any atom is 0.127 e. The summed E-state index contributed by atoms with van der Waals surface area (Å²) in [5.74, 6) is 0.503. The standard InChI is InChI=1S/C15H21BrFNO/c1-11-4-6-15(19,7-5-11)10-18-9-12-8-13(16)2-3-14(12)17/h2-3,8,11,18-19H,4-7,9-10H2,1H3. The first-order valence-corrected chi connectivity index (χ1v) is 7.65. The summed E-state index contributed by atoms with van der Waals surface area (Å²) >= 11 is 3.34. The topological polar surface area (TPSA) is 32.3 Å². The quantitative estimate of drug-likeness (QED) is 0.884. The molecule has 0 aliphatic heterocycles. The third-order valence-electron chi connectivity index (χ3n) is 3.98. The first-order valence-electron chi connectivity index (χ1n) is 6.85. The highest BCUT2D eigenvalue weighted by atomic mass is 79.9. The second kappa shape index (κ2) is 6.33. The van der Waals surface area contributed by atoms with Crippen LogP contribution in [0.1, 0.15) is 38.2 Å². The molecule has 1 fully saturated rings. The molecule has 0 amide bonds. The number of hydrogen-bond acceptors (Lipinski definition) is 2. The van der Waals surface area contributed by atoms with Crippen LogP contribution in [0.2, 0.25) is 0 Å². The van der Waals surface area contributed by atoms with Crippen molar-refractivity contribution < 1.29 is 9.50 Å². The molecule has 0 atom stereocenters. The van der Waals surface area contributed by atoms with Gasteiger partial charge in [0.1, 0.15) is 5.82 Å². The van der Waals surface area contributed by atoms with E-state index in [4.69, 9.17) is 0 Å². The Hall–Kier alpha value is -0.450. The summed E-state index contributed by atoms with van der Waals surface area (Å²) in [5.41, 5.74) is 0.0109. The van der Waals surface area contributed by atoms with E-state index in [0.717, 1.165) is 30.2 Å². The molecule has 106 valence electrons. The lowest BCUT2D eigenvalue weighted by Crippen LogP contribution is -2.43.